The first-order chi connectivity index (χ1) is 8.56. The first-order valence-electron chi connectivity index (χ1n) is 5.18. The van der Waals surface area contributed by atoms with Gasteiger partial charge in [0.2, 0.25) is 0 Å². The van der Waals surface area contributed by atoms with Crippen LogP contribution in [0.15, 0.2) is 36.4 Å². The van der Waals surface area contributed by atoms with Crippen LogP contribution in [0.4, 0.5) is 14.5 Å². The van der Waals surface area contributed by atoms with E-state index in [2.05, 4.69) is 0 Å². The minimum absolute atomic E-state index is 0.0450. The van der Waals surface area contributed by atoms with Crippen LogP contribution in [0.1, 0.15) is 5.56 Å². The third kappa shape index (κ3) is 2.90. The van der Waals surface area contributed by atoms with Crippen LogP contribution in [-0.2, 0) is 6.61 Å². The highest BCUT2D eigenvalue weighted by Crippen LogP contribution is 2.22. The number of anilines is 1. The van der Waals surface area contributed by atoms with E-state index in [-0.39, 0.29) is 12.4 Å². The van der Waals surface area contributed by atoms with Gasteiger partial charge in [0.1, 0.15) is 12.4 Å². The SMILES string of the molecule is Nc1cc(Cl)ccc1COc1cc(F)ccc1F. The Hall–Kier alpha value is -1.81. The molecule has 0 saturated carbocycles. The van der Waals surface area contributed by atoms with Crippen molar-refractivity contribution in [1.82, 2.24) is 0 Å². The summed E-state index contributed by atoms with van der Waals surface area (Å²) in [5, 5.41) is 0.508. The van der Waals surface area contributed by atoms with Gasteiger partial charge in [0, 0.05) is 22.3 Å². The maximum atomic E-state index is 13.3. The Morgan fingerprint density at radius 2 is 1.89 bits per heavy atom. The summed E-state index contributed by atoms with van der Waals surface area (Å²) in [4.78, 5) is 0. The maximum absolute atomic E-state index is 13.3. The van der Waals surface area contributed by atoms with Crippen LogP contribution in [0.3, 0.4) is 0 Å². The fraction of sp³-hybridized carbons (Fsp3) is 0.0769. The lowest BCUT2D eigenvalue weighted by Gasteiger charge is -2.09. The number of ether oxygens (including phenoxy) is 1. The molecule has 0 heterocycles. The first-order valence-corrected chi connectivity index (χ1v) is 5.56. The third-order valence-corrected chi connectivity index (χ3v) is 2.62. The lowest BCUT2D eigenvalue weighted by atomic mass is 10.2. The molecule has 94 valence electrons. The first kappa shape index (κ1) is 12.6. The number of hydrogen-bond donors (Lipinski definition) is 1. The molecule has 0 aromatic heterocycles. The van der Waals surface area contributed by atoms with Crippen LogP contribution in [-0.4, -0.2) is 0 Å². The average Bonchev–Trinajstić information content (AvgIpc) is 2.32. The maximum Gasteiger partial charge on any atom is 0.165 e. The van der Waals surface area contributed by atoms with E-state index in [9.17, 15) is 8.78 Å². The van der Waals surface area contributed by atoms with Crippen molar-refractivity contribution in [3.05, 3.63) is 58.6 Å². The molecule has 2 aromatic rings. The van der Waals surface area contributed by atoms with Crippen molar-refractivity contribution in [2.24, 2.45) is 0 Å². The van der Waals surface area contributed by atoms with Gasteiger partial charge in [0.15, 0.2) is 11.6 Å². The molecule has 0 aliphatic rings. The van der Waals surface area contributed by atoms with Crippen LogP contribution in [0.25, 0.3) is 0 Å². The summed E-state index contributed by atoms with van der Waals surface area (Å²) in [5.74, 6) is -1.33. The van der Waals surface area contributed by atoms with E-state index in [1.54, 1.807) is 18.2 Å². The quantitative estimate of drug-likeness (QED) is 0.861. The number of nitrogens with two attached hydrogens (primary N) is 1. The molecule has 0 amide bonds. The Bertz CT molecular complexity index is 575. The lowest BCUT2D eigenvalue weighted by molar-refractivity contribution is 0.289. The molecule has 0 radical (unpaired) electrons. The fourth-order valence-corrected chi connectivity index (χ4v) is 1.62. The van der Waals surface area contributed by atoms with Gasteiger partial charge in [-0.3, -0.25) is 0 Å². The summed E-state index contributed by atoms with van der Waals surface area (Å²) < 4.78 is 31.4. The summed E-state index contributed by atoms with van der Waals surface area (Å²) >= 11 is 5.75. The van der Waals surface area contributed by atoms with E-state index in [1.807, 2.05) is 0 Å². The predicted octanol–water partition coefficient (Wildman–Crippen LogP) is 3.78. The van der Waals surface area contributed by atoms with Crippen molar-refractivity contribution in [3.8, 4) is 5.75 Å². The second kappa shape index (κ2) is 5.23. The zero-order valence-electron chi connectivity index (χ0n) is 9.29. The van der Waals surface area contributed by atoms with Crippen molar-refractivity contribution in [2.45, 2.75) is 6.61 Å². The largest absolute Gasteiger partial charge is 0.486 e. The summed E-state index contributed by atoms with van der Waals surface area (Å²) in [6, 6.07) is 7.92. The van der Waals surface area contributed by atoms with Gasteiger partial charge in [0.25, 0.3) is 0 Å². The molecule has 2 aromatic carbocycles. The Kier molecular flexibility index (Phi) is 3.67. The zero-order valence-corrected chi connectivity index (χ0v) is 10.0. The minimum atomic E-state index is -0.621. The van der Waals surface area contributed by atoms with E-state index in [4.69, 9.17) is 22.1 Å². The molecule has 2 N–H and O–H groups in total. The molecule has 0 saturated heterocycles. The average molecular weight is 270 g/mol. The van der Waals surface area contributed by atoms with Gasteiger partial charge < -0.3 is 10.5 Å². The molecular weight excluding hydrogens is 260 g/mol. The molecule has 18 heavy (non-hydrogen) atoms. The molecule has 0 bridgehead atoms. The van der Waals surface area contributed by atoms with Crippen molar-refractivity contribution in [3.63, 3.8) is 0 Å². The molecule has 2 rings (SSSR count). The van der Waals surface area contributed by atoms with E-state index >= 15 is 0 Å². The molecule has 5 heteroatoms. The standard InChI is InChI=1S/C13H10ClF2NO/c14-9-2-1-8(12(17)5-9)7-18-13-6-10(15)3-4-11(13)16/h1-6H,7,17H2. The molecule has 0 fully saturated rings. The fourth-order valence-electron chi connectivity index (χ4n) is 1.44. The monoisotopic (exact) mass is 269 g/mol. The second-order valence-electron chi connectivity index (χ2n) is 3.71. The highest BCUT2D eigenvalue weighted by molar-refractivity contribution is 6.30. The van der Waals surface area contributed by atoms with Gasteiger partial charge in [-0.1, -0.05) is 17.7 Å². The second-order valence-corrected chi connectivity index (χ2v) is 4.14. The Balaban J connectivity index is 2.13. The van der Waals surface area contributed by atoms with Gasteiger partial charge in [-0.2, -0.15) is 0 Å². The topological polar surface area (TPSA) is 35.2 Å². The predicted molar refractivity (Wildman–Crippen MR) is 66.6 cm³/mol. The minimum Gasteiger partial charge on any atom is -0.486 e. The van der Waals surface area contributed by atoms with Crippen molar-refractivity contribution < 1.29 is 13.5 Å². The lowest BCUT2D eigenvalue weighted by Crippen LogP contribution is -2.01. The summed E-state index contributed by atoms with van der Waals surface area (Å²) in [7, 11) is 0. The molecule has 0 unspecified atom stereocenters. The molecule has 0 aliphatic carbocycles. The zero-order chi connectivity index (χ0) is 13.1. The smallest absolute Gasteiger partial charge is 0.165 e. The van der Waals surface area contributed by atoms with E-state index < -0.39 is 11.6 Å². The Morgan fingerprint density at radius 1 is 1.11 bits per heavy atom. The summed E-state index contributed by atoms with van der Waals surface area (Å²) in [6.07, 6.45) is 0. The van der Waals surface area contributed by atoms with Crippen molar-refractivity contribution >= 4 is 17.3 Å². The number of rotatable bonds is 3. The summed E-state index contributed by atoms with van der Waals surface area (Å²) in [6.45, 7) is 0.0450. The van der Waals surface area contributed by atoms with Crippen LogP contribution < -0.4 is 10.5 Å². The number of benzene rings is 2. The molecule has 0 spiro atoms. The number of halogens is 3. The molecule has 0 aliphatic heterocycles. The Labute approximate surface area is 108 Å². The van der Waals surface area contributed by atoms with Gasteiger partial charge in [0.05, 0.1) is 0 Å². The van der Waals surface area contributed by atoms with Gasteiger partial charge in [-0.05, 0) is 24.3 Å². The van der Waals surface area contributed by atoms with Crippen LogP contribution >= 0.6 is 11.6 Å². The van der Waals surface area contributed by atoms with Crippen molar-refractivity contribution in [2.75, 3.05) is 5.73 Å². The van der Waals surface area contributed by atoms with Gasteiger partial charge >= 0.3 is 0 Å². The Morgan fingerprint density at radius 3 is 2.61 bits per heavy atom. The van der Waals surface area contributed by atoms with E-state index in [0.717, 1.165) is 18.2 Å². The van der Waals surface area contributed by atoms with Crippen LogP contribution in [0.5, 0.6) is 5.75 Å². The number of nitrogen functional groups attached to an aromatic ring is 1. The molecule has 0 atom stereocenters. The summed E-state index contributed by atoms with van der Waals surface area (Å²) in [5.41, 5.74) is 6.82. The van der Waals surface area contributed by atoms with Crippen LogP contribution in [0.2, 0.25) is 5.02 Å². The van der Waals surface area contributed by atoms with Crippen LogP contribution in [0, 0.1) is 11.6 Å². The third-order valence-electron chi connectivity index (χ3n) is 2.38. The van der Waals surface area contributed by atoms with Crippen molar-refractivity contribution in [1.29, 1.82) is 0 Å². The highest BCUT2D eigenvalue weighted by Gasteiger charge is 2.07. The van der Waals surface area contributed by atoms with E-state index in [0.29, 0.717) is 16.3 Å². The van der Waals surface area contributed by atoms with Gasteiger partial charge in [-0.15, -0.1) is 0 Å². The molecule has 2 nitrogen and oxygen atoms in total. The van der Waals surface area contributed by atoms with E-state index in [1.165, 1.54) is 0 Å². The number of hydrogen-bond acceptors (Lipinski definition) is 2. The molecular formula is C13H10ClF2NO. The highest BCUT2D eigenvalue weighted by atomic mass is 35.5. The van der Waals surface area contributed by atoms with Gasteiger partial charge in [-0.25, -0.2) is 8.78 Å². The normalized spacial score (nSPS) is 10.4.